The first-order valence-corrected chi connectivity index (χ1v) is 9.20. The molecule has 0 N–H and O–H groups in total. The Morgan fingerprint density at radius 1 is 1.04 bits per heavy atom. The molecule has 1 amide bonds. The molecule has 2 aromatic carbocycles. The van der Waals surface area contributed by atoms with Gasteiger partial charge in [0.15, 0.2) is 0 Å². The third kappa shape index (κ3) is 2.55. The van der Waals surface area contributed by atoms with Gasteiger partial charge in [-0.25, -0.2) is 4.79 Å². The van der Waals surface area contributed by atoms with E-state index in [4.69, 9.17) is 0 Å². The van der Waals surface area contributed by atoms with Gasteiger partial charge in [-0.15, -0.1) is 0 Å². The average molecular weight is 349 g/mol. The second-order valence-corrected chi connectivity index (χ2v) is 6.95. The van der Waals surface area contributed by atoms with Crippen molar-refractivity contribution in [3.05, 3.63) is 64.6 Å². The number of aryl methyl sites for hydroxylation is 1. The fourth-order valence-electron chi connectivity index (χ4n) is 4.02. The summed E-state index contributed by atoms with van der Waals surface area (Å²) in [5.41, 5.74) is 3.76. The van der Waals surface area contributed by atoms with E-state index in [-0.39, 0.29) is 24.2 Å². The highest BCUT2D eigenvalue weighted by Gasteiger charge is 2.31. The summed E-state index contributed by atoms with van der Waals surface area (Å²) in [6.45, 7) is 4.83. The minimum absolute atomic E-state index is 0.0380. The molecule has 0 aliphatic carbocycles. The van der Waals surface area contributed by atoms with E-state index in [1.165, 1.54) is 5.56 Å². The van der Waals surface area contributed by atoms with Gasteiger partial charge in [0.25, 0.3) is 0 Å². The Morgan fingerprint density at radius 3 is 2.42 bits per heavy atom. The standard InChI is InChI=1S/C21H23N3O2/c1-3-12-22-18-10-6-7-11-19(18)23(21(22)26)14-20(25)24-15(2)13-16-8-4-5-9-17(16)24/h4-11,15H,3,12-14H2,1-2H3. The molecule has 134 valence electrons. The molecule has 1 atom stereocenters. The van der Waals surface area contributed by atoms with Crippen LogP contribution in [0.4, 0.5) is 5.69 Å². The molecule has 3 aromatic rings. The van der Waals surface area contributed by atoms with Crippen LogP contribution in [0, 0.1) is 0 Å². The molecule has 1 aliphatic rings. The first-order valence-electron chi connectivity index (χ1n) is 9.20. The van der Waals surface area contributed by atoms with Crippen LogP contribution in [0.2, 0.25) is 0 Å². The Bertz CT molecular complexity index is 1030. The minimum atomic E-state index is -0.110. The van der Waals surface area contributed by atoms with Gasteiger partial charge in [0.2, 0.25) is 5.91 Å². The smallest absolute Gasteiger partial charge is 0.307 e. The zero-order valence-corrected chi connectivity index (χ0v) is 15.2. The normalized spacial score (nSPS) is 16.2. The van der Waals surface area contributed by atoms with E-state index in [1.54, 1.807) is 9.13 Å². The summed E-state index contributed by atoms with van der Waals surface area (Å²) in [6.07, 6.45) is 1.73. The van der Waals surface area contributed by atoms with E-state index in [0.717, 1.165) is 29.6 Å². The molecule has 26 heavy (non-hydrogen) atoms. The van der Waals surface area contributed by atoms with Crippen molar-refractivity contribution in [2.45, 2.75) is 45.8 Å². The first kappa shape index (κ1) is 16.6. The molecule has 5 nitrogen and oxygen atoms in total. The molecule has 0 fully saturated rings. The van der Waals surface area contributed by atoms with Gasteiger partial charge in [-0.1, -0.05) is 37.3 Å². The lowest BCUT2D eigenvalue weighted by molar-refractivity contribution is -0.119. The molecule has 1 unspecified atom stereocenters. The van der Waals surface area contributed by atoms with E-state index in [2.05, 4.69) is 13.0 Å². The van der Waals surface area contributed by atoms with Gasteiger partial charge >= 0.3 is 5.69 Å². The zero-order chi connectivity index (χ0) is 18.3. The minimum Gasteiger partial charge on any atom is -0.307 e. The van der Waals surface area contributed by atoms with E-state index in [1.807, 2.05) is 54.3 Å². The SMILES string of the molecule is CCCn1c(=O)n(CC(=O)N2c3ccccc3CC2C)c2ccccc21. The molecule has 0 saturated carbocycles. The van der Waals surface area contributed by atoms with Gasteiger partial charge in [0.1, 0.15) is 6.54 Å². The van der Waals surface area contributed by atoms with Crippen molar-refractivity contribution in [3.8, 4) is 0 Å². The Kier molecular flexibility index (Phi) is 4.15. The van der Waals surface area contributed by atoms with Crippen molar-refractivity contribution >= 4 is 22.6 Å². The molecule has 0 saturated heterocycles. The van der Waals surface area contributed by atoms with Crippen LogP contribution in [0.15, 0.2) is 53.3 Å². The number of para-hydroxylation sites is 3. The molecule has 2 heterocycles. The number of nitrogens with zero attached hydrogens (tertiary/aromatic N) is 3. The van der Waals surface area contributed by atoms with E-state index >= 15 is 0 Å². The quantitative estimate of drug-likeness (QED) is 0.726. The van der Waals surface area contributed by atoms with Crippen molar-refractivity contribution < 1.29 is 4.79 Å². The predicted octanol–water partition coefficient (Wildman–Crippen LogP) is 3.19. The van der Waals surface area contributed by atoms with Crippen LogP contribution in [0.1, 0.15) is 25.8 Å². The summed E-state index contributed by atoms with van der Waals surface area (Å²) in [5, 5.41) is 0. The number of hydrogen-bond donors (Lipinski definition) is 0. The zero-order valence-electron chi connectivity index (χ0n) is 15.2. The Labute approximate surface area is 152 Å². The van der Waals surface area contributed by atoms with Gasteiger partial charge in [-0.05, 0) is 43.5 Å². The number of rotatable bonds is 4. The Morgan fingerprint density at radius 2 is 1.69 bits per heavy atom. The summed E-state index contributed by atoms with van der Waals surface area (Å²) in [4.78, 5) is 27.9. The van der Waals surface area contributed by atoms with Gasteiger partial charge in [-0.2, -0.15) is 0 Å². The van der Waals surface area contributed by atoms with Crippen LogP contribution in [-0.4, -0.2) is 21.1 Å². The van der Waals surface area contributed by atoms with Crippen LogP contribution in [-0.2, 0) is 24.3 Å². The number of imidazole rings is 1. The molecule has 0 spiro atoms. The summed E-state index contributed by atoms with van der Waals surface area (Å²) in [5.74, 6) is -0.0380. The Balaban J connectivity index is 1.73. The number of anilines is 1. The first-order chi connectivity index (χ1) is 12.6. The fourth-order valence-corrected chi connectivity index (χ4v) is 4.02. The van der Waals surface area contributed by atoms with Gasteiger partial charge in [0.05, 0.1) is 11.0 Å². The summed E-state index contributed by atoms with van der Waals surface area (Å²) in [6, 6.07) is 15.8. The van der Waals surface area contributed by atoms with Gasteiger partial charge < -0.3 is 4.90 Å². The molecule has 0 radical (unpaired) electrons. The van der Waals surface area contributed by atoms with Crippen molar-refractivity contribution in [2.24, 2.45) is 0 Å². The number of benzene rings is 2. The second-order valence-electron chi connectivity index (χ2n) is 6.95. The third-order valence-corrected chi connectivity index (χ3v) is 5.14. The maximum atomic E-state index is 13.1. The van der Waals surface area contributed by atoms with Gasteiger partial charge in [-0.3, -0.25) is 13.9 Å². The number of amides is 1. The number of fused-ring (bicyclic) bond motifs is 2. The van der Waals surface area contributed by atoms with Crippen LogP contribution >= 0.6 is 0 Å². The Hall–Kier alpha value is -2.82. The lowest BCUT2D eigenvalue weighted by atomic mass is 10.1. The number of aromatic nitrogens is 2. The topological polar surface area (TPSA) is 47.2 Å². The average Bonchev–Trinajstić information content (AvgIpc) is 3.11. The summed E-state index contributed by atoms with van der Waals surface area (Å²) >= 11 is 0. The highest BCUT2D eigenvalue weighted by atomic mass is 16.2. The molecule has 1 aromatic heterocycles. The second kappa shape index (κ2) is 6.48. The van der Waals surface area contributed by atoms with Crippen LogP contribution in [0.5, 0.6) is 0 Å². The molecule has 0 bridgehead atoms. The van der Waals surface area contributed by atoms with E-state index < -0.39 is 0 Å². The lowest BCUT2D eigenvalue weighted by Gasteiger charge is -2.23. The molecule has 4 rings (SSSR count). The summed E-state index contributed by atoms with van der Waals surface area (Å²) in [7, 11) is 0. The maximum Gasteiger partial charge on any atom is 0.329 e. The van der Waals surface area contributed by atoms with E-state index in [9.17, 15) is 9.59 Å². The van der Waals surface area contributed by atoms with Crippen molar-refractivity contribution in [1.82, 2.24) is 9.13 Å². The number of hydrogen-bond acceptors (Lipinski definition) is 2. The fraction of sp³-hybridized carbons (Fsp3) is 0.333. The van der Waals surface area contributed by atoms with Crippen LogP contribution in [0.3, 0.4) is 0 Å². The van der Waals surface area contributed by atoms with E-state index in [0.29, 0.717) is 6.54 Å². The maximum absolute atomic E-state index is 13.1. The lowest BCUT2D eigenvalue weighted by Crippen LogP contribution is -2.40. The molecule has 1 aliphatic heterocycles. The monoisotopic (exact) mass is 349 g/mol. The number of carbonyl (C=O) groups excluding carboxylic acids is 1. The molecular weight excluding hydrogens is 326 g/mol. The molecular formula is C21H23N3O2. The van der Waals surface area contributed by atoms with Crippen LogP contribution in [0.25, 0.3) is 11.0 Å². The van der Waals surface area contributed by atoms with Crippen molar-refractivity contribution in [2.75, 3.05) is 4.90 Å². The summed E-state index contributed by atoms with van der Waals surface area (Å²) < 4.78 is 3.38. The highest BCUT2D eigenvalue weighted by Crippen LogP contribution is 2.32. The highest BCUT2D eigenvalue weighted by molar-refractivity contribution is 5.96. The molecule has 5 heteroatoms. The van der Waals surface area contributed by atoms with Crippen LogP contribution < -0.4 is 10.6 Å². The predicted molar refractivity (Wildman–Crippen MR) is 104 cm³/mol. The van der Waals surface area contributed by atoms with Crippen molar-refractivity contribution in [3.63, 3.8) is 0 Å². The van der Waals surface area contributed by atoms with Crippen molar-refractivity contribution in [1.29, 1.82) is 0 Å². The van der Waals surface area contributed by atoms with Gasteiger partial charge in [0, 0.05) is 18.3 Å². The third-order valence-electron chi connectivity index (χ3n) is 5.14. The largest absolute Gasteiger partial charge is 0.329 e. The number of carbonyl (C=O) groups is 1.